The van der Waals surface area contributed by atoms with Gasteiger partial charge >= 0.3 is 5.97 Å². The number of nitrogens with zero attached hydrogens (tertiary/aromatic N) is 2. The van der Waals surface area contributed by atoms with Crippen molar-refractivity contribution in [2.45, 2.75) is 26.3 Å². The molecule has 2 heterocycles. The lowest BCUT2D eigenvalue weighted by molar-refractivity contribution is -0.117. The second-order valence-corrected chi connectivity index (χ2v) is 5.93. The number of aryl methyl sites for hydroxylation is 1. The van der Waals surface area contributed by atoms with Crippen LogP contribution in [0.15, 0.2) is 41.3 Å². The summed E-state index contributed by atoms with van der Waals surface area (Å²) < 4.78 is 1.38. The molecule has 0 atom stereocenters. The average Bonchev–Trinajstić information content (AvgIpc) is 2.97. The van der Waals surface area contributed by atoms with Crippen LogP contribution in [0.1, 0.15) is 34.3 Å². The zero-order valence-corrected chi connectivity index (χ0v) is 13.4. The molecule has 0 saturated carbocycles. The Labute approximate surface area is 139 Å². The normalized spacial score (nSPS) is 14.2. The lowest BCUT2D eigenvalue weighted by Gasteiger charge is -2.16. The molecule has 0 unspecified atom stereocenters. The number of carbonyl (C=O) groups excluding carboxylic acids is 1. The summed E-state index contributed by atoms with van der Waals surface area (Å²) in [7, 11) is 0. The van der Waals surface area contributed by atoms with Crippen LogP contribution in [0.2, 0.25) is 0 Å². The Kier molecular flexibility index (Phi) is 4.20. The van der Waals surface area contributed by atoms with E-state index in [-0.39, 0.29) is 18.0 Å². The summed E-state index contributed by atoms with van der Waals surface area (Å²) in [6.45, 7) is 2.63. The van der Waals surface area contributed by atoms with Crippen molar-refractivity contribution in [1.82, 2.24) is 4.57 Å². The third-order valence-electron chi connectivity index (χ3n) is 4.26. The van der Waals surface area contributed by atoms with Crippen LogP contribution in [0, 0.1) is 6.92 Å². The molecule has 1 N–H and O–H groups in total. The van der Waals surface area contributed by atoms with Gasteiger partial charge in [-0.1, -0.05) is 12.1 Å². The predicted octanol–water partition coefficient (Wildman–Crippen LogP) is 2.03. The molecule has 3 rings (SSSR count). The zero-order valence-electron chi connectivity index (χ0n) is 13.4. The number of hydrogen-bond acceptors (Lipinski definition) is 3. The maximum absolute atomic E-state index is 12.3. The summed E-state index contributed by atoms with van der Waals surface area (Å²) in [5.74, 6) is -1.08. The first-order valence-electron chi connectivity index (χ1n) is 7.80. The summed E-state index contributed by atoms with van der Waals surface area (Å²) in [6.07, 6.45) is 3.05. The summed E-state index contributed by atoms with van der Waals surface area (Å²) in [5, 5.41) is 9.17. The molecule has 1 aromatic heterocycles. The van der Waals surface area contributed by atoms with Gasteiger partial charge in [0.1, 0.15) is 5.56 Å². The van der Waals surface area contributed by atoms with Crippen LogP contribution in [0.25, 0.3) is 0 Å². The van der Waals surface area contributed by atoms with Crippen LogP contribution in [0.3, 0.4) is 0 Å². The summed E-state index contributed by atoms with van der Waals surface area (Å²) in [5.41, 5.74) is 1.46. The third kappa shape index (κ3) is 2.95. The largest absolute Gasteiger partial charge is 0.477 e. The molecule has 2 aromatic rings. The SMILES string of the molecule is Cc1ccn(Cc2ccc(N3CCCC3=O)cc2)c(=O)c1C(=O)O. The summed E-state index contributed by atoms with van der Waals surface area (Å²) in [4.78, 5) is 37.0. The van der Waals surface area contributed by atoms with E-state index in [4.69, 9.17) is 5.11 Å². The van der Waals surface area contributed by atoms with E-state index in [9.17, 15) is 14.4 Å². The fourth-order valence-electron chi connectivity index (χ4n) is 2.95. The molecule has 0 aliphatic carbocycles. The van der Waals surface area contributed by atoms with E-state index in [1.165, 1.54) is 4.57 Å². The van der Waals surface area contributed by atoms with Gasteiger partial charge in [-0.15, -0.1) is 0 Å². The first-order chi connectivity index (χ1) is 11.5. The molecule has 6 heteroatoms. The highest BCUT2D eigenvalue weighted by Gasteiger charge is 2.21. The monoisotopic (exact) mass is 326 g/mol. The molecular weight excluding hydrogens is 308 g/mol. The van der Waals surface area contributed by atoms with Gasteiger partial charge in [-0.05, 0) is 42.7 Å². The second kappa shape index (κ2) is 6.31. The Bertz CT molecular complexity index is 852. The van der Waals surface area contributed by atoms with E-state index in [0.717, 1.165) is 24.2 Å². The predicted molar refractivity (Wildman–Crippen MR) is 89.5 cm³/mol. The standard InChI is InChI=1S/C18H18N2O4/c1-12-8-10-19(17(22)16(12)18(23)24)11-13-4-6-14(7-5-13)20-9-2-3-15(20)21/h4-8,10H,2-3,9,11H2,1H3,(H,23,24). The number of benzene rings is 1. The number of aromatic carboxylic acids is 1. The van der Waals surface area contributed by atoms with Crippen molar-refractivity contribution < 1.29 is 14.7 Å². The highest BCUT2D eigenvalue weighted by Crippen LogP contribution is 2.21. The number of carbonyl (C=O) groups is 2. The molecule has 1 aromatic carbocycles. The molecule has 6 nitrogen and oxygen atoms in total. The Morgan fingerprint density at radius 1 is 1.17 bits per heavy atom. The lowest BCUT2D eigenvalue weighted by atomic mass is 10.1. The van der Waals surface area contributed by atoms with Crippen molar-refractivity contribution in [3.63, 3.8) is 0 Å². The van der Waals surface area contributed by atoms with Gasteiger partial charge in [0.15, 0.2) is 0 Å². The Balaban J connectivity index is 1.84. The van der Waals surface area contributed by atoms with Crippen LogP contribution in [0.5, 0.6) is 0 Å². The van der Waals surface area contributed by atoms with Crippen LogP contribution in [-0.2, 0) is 11.3 Å². The van der Waals surface area contributed by atoms with Crippen LogP contribution >= 0.6 is 0 Å². The smallest absolute Gasteiger partial charge is 0.341 e. The van der Waals surface area contributed by atoms with Gasteiger partial charge in [0.25, 0.3) is 5.56 Å². The van der Waals surface area contributed by atoms with Gasteiger partial charge in [-0.3, -0.25) is 9.59 Å². The average molecular weight is 326 g/mol. The number of carboxylic acids is 1. The molecule has 24 heavy (non-hydrogen) atoms. The molecule has 1 fully saturated rings. The van der Waals surface area contributed by atoms with Gasteiger partial charge < -0.3 is 14.6 Å². The van der Waals surface area contributed by atoms with Crippen molar-refractivity contribution in [2.75, 3.05) is 11.4 Å². The fraction of sp³-hybridized carbons (Fsp3) is 0.278. The lowest BCUT2D eigenvalue weighted by Crippen LogP contribution is -2.27. The Morgan fingerprint density at radius 2 is 1.88 bits per heavy atom. The molecule has 124 valence electrons. The molecule has 1 saturated heterocycles. The maximum Gasteiger partial charge on any atom is 0.341 e. The Hall–Kier alpha value is -2.89. The van der Waals surface area contributed by atoms with Crippen LogP contribution < -0.4 is 10.5 Å². The van der Waals surface area contributed by atoms with Crippen molar-refractivity contribution in [3.8, 4) is 0 Å². The summed E-state index contributed by atoms with van der Waals surface area (Å²) in [6, 6.07) is 9.05. The van der Waals surface area contributed by atoms with Gasteiger partial charge in [-0.25, -0.2) is 4.79 Å². The maximum atomic E-state index is 12.3. The fourth-order valence-corrected chi connectivity index (χ4v) is 2.95. The minimum atomic E-state index is -1.21. The molecular formula is C18H18N2O4. The number of aromatic nitrogens is 1. The number of hydrogen-bond donors (Lipinski definition) is 1. The van der Waals surface area contributed by atoms with Gasteiger partial charge in [0.2, 0.25) is 5.91 Å². The minimum absolute atomic E-state index is 0.128. The second-order valence-electron chi connectivity index (χ2n) is 5.93. The quantitative estimate of drug-likeness (QED) is 0.932. The number of amides is 1. The molecule has 1 aliphatic heterocycles. The van der Waals surface area contributed by atoms with Gasteiger partial charge in [-0.2, -0.15) is 0 Å². The molecule has 1 aliphatic rings. The van der Waals surface area contributed by atoms with Gasteiger partial charge in [0.05, 0.1) is 6.54 Å². The molecule has 1 amide bonds. The van der Waals surface area contributed by atoms with Crippen molar-refractivity contribution in [3.05, 3.63) is 63.6 Å². The molecule has 0 spiro atoms. The van der Waals surface area contributed by atoms with E-state index in [0.29, 0.717) is 12.0 Å². The van der Waals surface area contributed by atoms with Crippen molar-refractivity contribution in [2.24, 2.45) is 0 Å². The third-order valence-corrected chi connectivity index (χ3v) is 4.26. The van der Waals surface area contributed by atoms with Crippen LogP contribution in [-0.4, -0.2) is 28.1 Å². The number of rotatable bonds is 4. The number of carboxylic acid groups (broad SMARTS) is 1. The van der Waals surface area contributed by atoms with Gasteiger partial charge in [0, 0.05) is 24.8 Å². The Morgan fingerprint density at radius 3 is 2.46 bits per heavy atom. The first kappa shape index (κ1) is 16.0. The van der Waals surface area contributed by atoms with Crippen molar-refractivity contribution in [1.29, 1.82) is 0 Å². The van der Waals surface area contributed by atoms with E-state index in [1.807, 2.05) is 24.3 Å². The van der Waals surface area contributed by atoms with E-state index >= 15 is 0 Å². The molecule has 0 bridgehead atoms. The summed E-state index contributed by atoms with van der Waals surface area (Å²) >= 11 is 0. The topological polar surface area (TPSA) is 79.6 Å². The highest BCUT2D eigenvalue weighted by atomic mass is 16.4. The number of anilines is 1. The van der Waals surface area contributed by atoms with E-state index in [1.54, 1.807) is 24.1 Å². The number of pyridine rings is 1. The van der Waals surface area contributed by atoms with E-state index in [2.05, 4.69) is 0 Å². The molecule has 0 radical (unpaired) electrons. The minimum Gasteiger partial charge on any atom is -0.477 e. The van der Waals surface area contributed by atoms with Crippen LogP contribution in [0.4, 0.5) is 5.69 Å². The first-order valence-corrected chi connectivity index (χ1v) is 7.80. The van der Waals surface area contributed by atoms with E-state index < -0.39 is 11.5 Å². The highest BCUT2D eigenvalue weighted by molar-refractivity contribution is 5.95. The zero-order chi connectivity index (χ0) is 17.3. The van der Waals surface area contributed by atoms with Crippen molar-refractivity contribution >= 4 is 17.6 Å².